The van der Waals surface area contributed by atoms with Crippen molar-refractivity contribution >= 4 is 0 Å². The van der Waals surface area contributed by atoms with Crippen molar-refractivity contribution in [2.24, 2.45) is 11.1 Å². The van der Waals surface area contributed by atoms with Gasteiger partial charge in [-0.05, 0) is 24.8 Å². The lowest BCUT2D eigenvalue weighted by Crippen LogP contribution is -2.30. The molecule has 0 spiro atoms. The highest BCUT2D eigenvalue weighted by Crippen LogP contribution is 2.39. The van der Waals surface area contributed by atoms with Crippen molar-refractivity contribution < 1.29 is 0 Å². The van der Waals surface area contributed by atoms with Gasteiger partial charge in [-0.25, -0.2) is 9.89 Å². The second kappa shape index (κ2) is 3.57. The van der Waals surface area contributed by atoms with Gasteiger partial charge in [-0.15, -0.1) is 0 Å². The molecule has 1 aliphatic rings. The zero-order valence-electron chi connectivity index (χ0n) is 8.18. The molecule has 4 N–H and O–H groups in total. The van der Waals surface area contributed by atoms with Crippen LogP contribution in [0.1, 0.15) is 31.5 Å². The number of nitrogens with one attached hydrogen (secondary N) is 2. The summed E-state index contributed by atoms with van der Waals surface area (Å²) in [5.41, 5.74) is 5.74. The smallest absolute Gasteiger partial charge is 0.330 e. The Labute approximate surface area is 82.1 Å². The molecule has 78 valence electrons. The van der Waals surface area contributed by atoms with Crippen LogP contribution in [-0.2, 0) is 6.42 Å². The van der Waals surface area contributed by atoms with Crippen LogP contribution in [-0.4, -0.2) is 21.7 Å². The minimum absolute atomic E-state index is 0.179. The van der Waals surface area contributed by atoms with E-state index in [0.717, 1.165) is 25.1 Å². The first-order valence-electron chi connectivity index (χ1n) is 5.08. The topological polar surface area (TPSA) is 87.6 Å². The van der Waals surface area contributed by atoms with Crippen molar-refractivity contribution in [3.63, 3.8) is 0 Å². The first-order valence-corrected chi connectivity index (χ1v) is 5.08. The number of rotatable bonds is 3. The number of aromatic amines is 2. The van der Waals surface area contributed by atoms with Gasteiger partial charge in [-0.3, -0.25) is 4.98 Å². The lowest BCUT2D eigenvalue weighted by Gasteiger charge is -2.25. The van der Waals surface area contributed by atoms with E-state index in [1.54, 1.807) is 0 Å². The molecule has 1 fully saturated rings. The van der Waals surface area contributed by atoms with Gasteiger partial charge >= 0.3 is 5.69 Å². The molecule has 5 heteroatoms. The third-order valence-corrected chi connectivity index (χ3v) is 3.19. The molecule has 1 heterocycles. The van der Waals surface area contributed by atoms with E-state index >= 15 is 0 Å². The largest absolute Gasteiger partial charge is 0.340 e. The van der Waals surface area contributed by atoms with Crippen LogP contribution in [0.5, 0.6) is 0 Å². The minimum atomic E-state index is -0.231. The van der Waals surface area contributed by atoms with E-state index in [-0.39, 0.29) is 11.1 Å². The quantitative estimate of drug-likeness (QED) is 0.643. The highest BCUT2D eigenvalue weighted by molar-refractivity contribution is 4.95. The van der Waals surface area contributed by atoms with Crippen molar-refractivity contribution in [3.05, 3.63) is 16.3 Å². The molecule has 1 aliphatic carbocycles. The van der Waals surface area contributed by atoms with Crippen LogP contribution in [0.4, 0.5) is 0 Å². The molecule has 0 saturated heterocycles. The van der Waals surface area contributed by atoms with E-state index in [9.17, 15) is 4.79 Å². The summed E-state index contributed by atoms with van der Waals surface area (Å²) in [6, 6.07) is 0. The molecule has 1 aromatic heterocycles. The SMILES string of the molecule is NCC1(Cc2n[nH]c(=O)[nH]2)CCCC1. The number of aromatic nitrogens is 3. The van der Waals surface area contributed by atoms with E-state index in [1.807, 2.05) is 0 Å². The number of nitrogens with zero attached hydrogens (tertiary/aromatic N) is 1. The molecule has 0 aliphatic heterocycles. The lowest BCUT2D eigenvalue weighted by atomic mass is 9.82. The van der Waals surface area contributed by atoms with Gasteiger partial charge < -0.3 is 5.73 Å². The molecule has 2 rings (SSSR count). The molecule has 0 atom stereocenters. The molecule has 1 saturated carbocycles. The summed E-state index contributed by atoms with van der Waals surface area (Å²) in [4.78, 5) is 13.5. The first-order chi connectivity index (χ1) is 6.74. The maximum Gasteiger partial charge on any atom is 0.340 e. The first kappa shape index (κ1) is 9.45. The van der Waals surface area contributed by atoms with Gasteiger partial charge in [0.2, 0.25) is 0 Å². The molecule has 0 unspecified atom stereocenters. The summed E-state index contributed by atoms with van der Waals surface area (Å²) in [6.07, 6.45) is 5.58. The Morgan fingerprint density at radius 1 is 1.43 bits per heavy atom. The van der Waals surface area contributed by atoms with E-state index < -0.39 is 0 Å². The second-order valence-electron chi connectivity index (χ2n) is 4.21. The predicted octanol–water partition coefficient (Wildman–Crippen LogP) is 0.160. The Hall–Kier alpha value is -1.10. The van der Waals surface area contributed by atoms with Gasteiger partial charge in [0.1, 0.15) is 5.82 Å². The molecule has 5 nitrogen and oxygen atoms in total. The van der Waals surface area contributed by atoms with Gasteiger partial charge in [0, 0.05) is 6.42 Å². The van der Waals surface area contributed by atoms with Crippen molar-refractivity contribution in [2.45, 2.75) is 32.1 Å². The van der Waals surface area contributed by atoms with Crippen LogP contribution in [0.25, 0.3) is 0 Å². The summed E-state index contributed by atoms with van der Waals surface area (Å²) in [5.74, 6) is 0.738. The van der Waals surface area contributed by atoms with Crippen LogP contribution in [0.3, 0.4) is 0 Å². The lowest BCUT2D eigenvalue weighted by molar-refractivity contribution is 0.300. The molecule has 14 heavy (non-hydrogen) atoms. The van der Waals surface area contributed by atoms with Crippen LogP contribution < -0.4 is 11.4 Å². The second-order valence-corrected chi connectivity index (χ2v) is 4.21. The Balaban J connectivity index is 2.11. The Morgan fingerprint density at radius 2 is 2.14 bits per heavy atom. The maximum absolute atomic E-state index is 10.9. The monoisotopic (exact) mass is 196 g/mol. The predicted molar refractivity (Wildman–Crippen MR) is 52.9 cm³/mol. The fourth-order valence-corrected chi connectivity index (χ4v) is 2.32. The zero-order chi connectivity index (χ0) is 10.0. The summed E-state index contributed by atoms with van der Waals surface area (Å²) >= 11 is 0. The van der Waals surface area contributed by atoms with E-state index in [1.165, 1.54) is 12.8 Å². The third-order valence-electron chi connectivity index (χ3n) is 3.19. The van der Waals surface area contributed by atoms with Crippen molar-refractivity contribution in [3.8, 4) is 0 Å². The van der Waals surface area contributed by atoms with E-state index in [4.69, 9.17) is 5.73 Å². The normalized spacial score (nSPS) is 20.1. The van der Waals surface area contributed by atoms with Crippen LogP contribution in [0.2, 0.25) is 0 Å². The van der Waals surface area contributed by atoms with Gasteiger partial charge in [-0.2, -0.15) is 5.10 Å². The van der Waals surface area contributed by atoms with E-state index in [2.05, 4.69) is 15.2 Å². The van der Waals surface area contributed by atoms with Crippen LogP contribution in [0.15, 0.2) is 4.79 Å². The van der Waals surface area contributed by atoms with Crippen molar-refractivity contribution in [1.82, 2.24) is 15.2 Å². The molecule has 0 bridgehead atoms. The van der Waals surface area contributed by atoms with Gasteiger partial charge in [0.25, 0.3) is 0 Å². The molecule has 0 aromatic carbocycles. The molecular formula is C9H16N4O. The third kappa shape index (κ3) is 1.72. The minimum Gasteiger partial charge on any atom is -0.330 e. The number of hydrogen-bond donors (Lipinski definition) is 3. The standard InChI is InChI=1S/C9H16N4O/c10-6-9(3-1-2-4-9)5-7-11-8(14)13-12-7/h1-6,10H2,(H2,11,12,13,14). The van der Waals surface area contributed by atoms with Gasteiger partial charge in [0.15, 0.2) is 0 Å². The number of nitrogens with two attached hydrogens (primary N) is 1. The summed E-state index contributed by atoms with van der Waals surface area (Å²) < 4.78 is 0. The molecule has 1 aromatic rings. The maximum atomic E-state index is 10.9. The summed E-state index contributed by atoms with van der Waals surface area (Å²) in [6.45, 7) is 0.682. The Morgan fingerprint density at radius 3 is 2.64 bits per heavy atom. The average molecular weight is 196 g/mol. The molecule has 0 amide bonds. The Bertz CT molecular complexity index is 348. The Kier molecular flexibility index (Phi) is 2.41. The molecular weight excluding hydrogens is 180 g/mol. The van der Waals surface area contributed by atoms with Gasteiger partial charge in [-0.1, -0.05) is 12.8 Å². The van der Waals surface area contributed by atoms with Gasteiger partial charge in [0.05, 0.1) is 0 Å². The highest BCUT2D eigenvalue weighted by Gasteiger charge is 2.33. The van der Waals surface area contributed by atoms with E-state index in [0.29, 0.717) is 6.54 Å². The molecule has 0 radical (unpaired) electrons. The summed E-state index contributed by atoms with van der Waals surface area (Å²) in [5, 5.41) is 6.31. The van der Waals surface area contributed by atoms with Crippen LogP contribution >= 0.6 is 0 Å². The van der Waals surface area contributed by atoms with Crippen molar-refractivity contribution in [2.75, 3.05) is 6.54 Å². The number of hydrogen-bond acceptors (Lipinski definition) is 3. The van der Waals surface area contributed by atoms with Crippen LogP contribution in [0, 0.1) is 5.41 Å². The fourth-order valence-electron chi connectivity index (χ4n) is 2.32. The fraction of sp³-hybridized carbons (Fsp3) is 0.778. The average Bonchev–Trinajstić information content (AvgIpc) is 2.77. The summed E-state index contributed by atoms with van der Waals surface area (Å²) in [7, 11) is 0. The highest BCUT2D eigenvalue weighted by atomic mass is 16.1. The zero-order valence-corrected chi connectivity index (χ0v) is 8.18. The van der Waals surface area contributed by atoms with Crippen molar-refractivity contribution in [1.29, 1.82) is 0 Å². The number of H-pyrrole nitrogens is 2.